The molecule has 0 aliphatic rings. The largest absolute Gasteiger partial charge is 0.368 e. The number of aryl methyl sites for hydroxylation is 1. The van der Waals surface area contributed by atoms with Crippen molar-refractivity contribution in [3.8, 4) is 0 Å². The van der Waals surface area contributed by atoms with Gasteiger partial charge in [-0.05, 0) is 6.92 Å². The van der Waals surface area contributed by atoms with Crippen LogP contribution in [0.2, 0.25) is 0 Å². The maximum absolute atomic E-state index is 5.55. The lowest BCUT2D eigenvalue weighted by Crippen LogP contribution is -2.19. The van der Waals surface area contributed by atoms with Crippen LogP contribution in [0.5, 0.6) is 0 Å². The fraction of sp³-hybridized carbons (Fsp3) is 0.455. The molecule has 0 saturated heterocycles. The fourth-order valence-corrected chi connectivity index (χ4v) is 1.58. The second-order valence-electron chi connectivity index (χ2n) is 4.27. The predicted octanol–water partition coefficient (Wildman–Crippen LogP) is -1.16. The van der Waals surface area contributed by atoms with E-state index in [9.17, 15) is 0 Å². The summed E-state index contributed by atoms with van der Waals surface area (Å²) in [6.45, 7) is 4.01. The van der Waals surface area contributed by atoms with E-state index in [4.69, 9.17) is 11.5 Å². The second kappa shape index (κ2) is 7.83. The molecular weight excluding hydrogens is 286 g/mol. The lowest BCUT2D eigenvalue weighted by atomic mass is 10.6. The van der Waals surface area contributed by atoms with Crippen LogP contribution in [0.25, 0.3) is 0 Å². The monoisotopic (exact) mass is 305 g/mol. The van der Waals surface area contributed by atoms with E-state index in [0.29, 0.717) is 49.8 Å². The third kappa shape index (κ3) is 4.94. The standard InChI is InChI=1S/C11H19N11/c1-7-19-8(13)21-11(20-7)16-5-4-15-10-18-6-17-9(22-10)14-3-2-12/h6H,2-5,12H2,1H3,(H3,13,16,19,20,21)(H2,14,15,17,18,22). The van der Waals surface area contributed by atoms with Crippen LogP contribution >= 0.6 is 0 Å². The van der Waals surface area contributed by atoms with Crippen molar-refractivity contribution in [2.24, 2.45) is 5.73 Å². The maximum Gasteiger partial charge on any atom is 0.227 e. The van der Waals surface area contributed by atoms with Crippen molar-refractivity contribution in [2.75, 3.05) is 47.9 Å². The van der Waals surface area contributed by atoms with Crippen LogP contribution in [0.1, 0.15) is 5.82 Å². The summed E-state index contributed by atoms with van der Waals surface area (Å²) in [5, 5.41) is 9.08. The highest BCUT2D eigenvalue weighted by Crippen LogP contribution is 2.02. The van der Waals surface area contributed by atoms with Gasteiger partial charge in [-0.2, -0.15) is 19.9 Å². The van der Waals surface area contributed by atoms with Crippen molar-refractivity contribution in [2.45, 2.75) is 6.92 Å². The molecule has 0 saturated carbocycles. The molecule has 0 atom stereocenters. The van der Waals surface area contributed by atoms with Gasteiger partial charge in [0.05, 0.1) is 0 Å². The molecule has 0 aliphatic heterocycles. The van der Waals surface area contributed by atoms with Crippen LogP contribution in [0, 0.1) is 6.92 Å². The van der Waals surface area contributed by atoms with Crippen molar-refractivity contribution < 1.29 is 0 Å². The third-order valence-electron chi connectivity index (χ3n) is 2.46. The second-order valence-corrected chi connectivity index (χ2v) is 4.27. The molecule has 7 N–H and O–H groups in total. The number of nitrogen functional groups attached to an aromatic ring is 1. The van der Waals surface area contributed by atoms with Crippen molar-refractivity contribution >= 4 is 23.8 Å². The molecule has 22 heavy (non-hydrogen) atoms. The van der Waals surface area contributed by atoms with Crippen molar-refractivity contribution in [3.05, 3.63) is 12.2 Å². The van der Waals surface area contributed by atoms with E-state index < -0.39 is 0 Å². The smallest absolute Gasteiger partial charge is 0.227 e. The molecule has 0 unspecified atom stereocenters. The van der Waals surface area contributed by atoms with E-state index in [1.165, 1.54) is 6.33 Å². The van der Waals surface area contributed by atoms with E-state index in [-0.39, 0.29) is 5.95 Å². The normalized spacial score (nSPS) is 10.3. The zero-order chi connectivity index (χ0) is 15.8. The molecule has 2 heterocycles. The van der Waals surface area contributed by atoms with Gasteiger partial charge in [-0.25, -0.2) is 9.97 Å². The van der Waals surface area contributed by atoms with Crippen LogP contribution < -0.4 is 27.4 Å². The molecule has 2 aromatic heterocycles. The number of hydrogen-bond acceptors (Lipinski definition) is 11. The topological polar surface area (TPSA) is 165 Å². The van der Waals surface area contributed by atoms with E-state index in [1.807, 2.05) is 0 Å². The van der Waals surface area contributed by atoms with Gasteiger partial charge in [0.25, 0.3) is 0 Å². The fourth-order valence-electron chi connectivity index (χ4n) is 1.58. The van der Waals surface area contributed by atoms with Gasteiger partial charge in [-0.15, -0.1) is 0 Å². The Kier molecular flexibility index (Phi) is 5.54. The summed E-state index contributed by atoms with van der Waals surface area (Å²) < 4.78 is 0. The van der Waals surface area contributed by atoms with Gasteiger partial charge in [0, 0.05) is 26.2 Å². The predicted molar refractivity (Wildman–Crippen MR) is 83.3 cm³/mol. The van der Waals surface area contributed by atoms with Crippen LogP contribution in [-0.4, -0.2) is 56.1 Å². The van der Waals surface area contributed by atoms with E-state index in [2.05, 4.69) is 45.9 Å². The van der Waals surface area contributed by atoms with Crippen LogP contribution in [0.4, 0.5) is 23.8 Å². The van der Waals surface area contributed by atoms with E-state index in [1.54, 1.807) is 6.92 Å². The molecule has 0 fully saturated rings. The van der Waals surface area contributed by atoms with Crippen molar-refractivity contribution in [3.63, 3.8) is 0 Å². The van der Waals surface area contributed by atoms with Crippen molar-refractivity contribution in [1.82, 2.24) is 29.9 Å². The summed E-state index contributed by atoms with van der Waals surface area (Å²) >= 11 is 0. The molecule has 0 aliphatic carbocycles. The average Bonchev–Trinajstić information content (AvgIpc) is 2.49. The zero-order valence-electron chi connectivity index (χ0n) is 12.2. The summed E-state index contributed by atoms with van der Waals surface area (Å²) in [5.41, 5.74) is 11.0. The first kappa shape index (κ1) is 15.6. The maximum atomic E-state index is 5.55. The molecule has 0 aromatic carbocycles. The van der Waals surface area contributed by atoms with E-state index in [0.717, 1.165) is 0 Å². The van der Waals surface area contributed by atoms with Crippen molar-refractivity contribution in [1.29, 1.82) is 0 Å². The lowest BCUT2D eigenvalue weighted by Gasteiger charge is -2.08. The number of anilines is 4. The van der Waals surface area contributed by atoms with Gasteiger partial charge >= 0.3 is 0 Å². The Morgan fingerprint density at radius 2 is 1.50 bits per heavy atom. The van der Waals surface area contributed by atoms with E-state index >= 15 is 0 Å². The van der Waals surface area contributed by atoms with Crippen LogP contribution in [-0.2, 0) is 0 Å². The summed E-state index contributed by atoms with van der Waals surface area (Å²) in [7, 11) is 0. The minimum Gasteiger partial charge on any atom is -0.368 e. The molecule has 0 bridgehead atoms. The number of rotatable bonds is 8. The molecule has 0 radical (unpaired) electrons. The van der Waals surface area contributed by atoms with Gasteiger partial charge in [0.1, 0.15) is 12.2 Å². The third-order valence-corrected chi connectivity index (χ3v) is 2.46. The minimum absolute atomic E-state index is 0.191. The highest BCUT2D eigenvalue weighted by Gasteiger charge is 2.01. The Morgan fingerprint density at radius 1 is 0.864 bits per heavy atom. The zero-order valence-corrected chi connectivity index (χ0v) is 12.2. The lowest BCUT2D eigenvalue weighted by molar-refractivity contribution is 0.937. The van der Waals surface area contributed by atoms with Gasteiger partial charge in [0.2, 0.25) is 23.8 Å². The first-order chi connectivity index (χ1) is 10.7. The number of nitrogens with two attached hydrogens (primary N) is 2. The number of aromatic nitrogens is 6. The number of nitrogens with one attached hydrogen (secondary N) is 3. The Hall–Kier alpha value is -2.82. The quantitative estimate of drug-likeness (QED) is 0.373. The number of hydrogen-bond donors (Lipinski definition) is 5. The van der Waals surface area contributed by atoms with Gasteiger partial charge in [-0.1, -0.05) is 0 Å². The minimum atomic E-state index is 0.191. The number of nitrogens with zero attached hydrogens (tertiary/aromatic N) is 6. The highest BCUT2D eigenvalue weighted by atomic mass is 15.2. The summed E-state index contributed by atoms with van der Waals surface area (Å²) in [5.74, 6) is 2.15. The van der Waals surface area contributed by atoms with Gasteiger partial charge < -0.3 is 27.4 Å². The Morgan fingerprint density at radius 3 is 2.14 bits per heavy atom. The van der Waals surface area contributed by atoms with Crippen LogP contribution in [0.15, 0.2) is 6.33 Å². The molecular formula is C11H19N11. The molecule has 11 nitrogen and oxygen atoms in total. The summed E-state index contributed by atoms with van der Waals surface area (Å²) in [4.78, 5) is 24.2. The SMILES string of the molecule is Cc1nc(N)nc(NCCNc2ncnc(NCCN)n2)n1. The molecule has 0 spiro atoms. The molecule has 118 valence electrons. The first-order valence-corrected chi connectivity index (χ1v) is 6.76. The Balaban J connectivity index is 1.78. The first-order valence-electron chi connectivity index (χ1n) is 6.76. The Bertz CT molecular complexity index is 582. The van der Waals surface area contributed by atoms with Crippen LogP contribution in [0.3, 0.4) is 0 Å². The average molecular weight is 305 g/mol. The summed E-state index contributed by atoms with van der Waals surface area (Å²) in [6, 6.07) is 0. The molecule has 2 aromatic rings. The van der Waals surface area contributed by atoms with Gasteiger partial charge in [0.15, 0.2) is 0 Å². The molecule has 0 amide bonds. The highest BCUT2D eigenvalue weighted by molar-refractivity contribution is 5.34. The Labute approximate surface area is 127 Å². The van der Waals surface area contributed by atoms with Gasteiger partial charge in [-0.3, -0.25) is 0 Å². The molecule has 2 rings (SSSR count). The molecule has 11 heteroatoms. The summed E-state index contributed by atoms with van der Waals surface area (Å²) in [6.07, 6.45) is 1.43.